The van der Waals surface area contributed by atoms with Crippen LogP contribution in [0.2, 0.25) is 0 Å². The fourth-order valence-electron chi connectivity index (χ4n) is 0.943. The van der Waals surface area contributed by atoms with E-state index < -0.39 is 5.97 Å². The third kappa shape index (κ3) is 3.14. The zero-order chi connectivity index (χ0) is 9.84. The summed E-state index contributed by atoms with van der Waals surface area (Å²) in [7, 11) is 0. The number of carboxylic acid groups (broad SMARTS) is 1. The van der Waals surface area contributed by atoms with Gasteiger partial charge in [0.1, 0.15) is 5.82 Å². The molecule has 1 aromatic carbocycles. The van der Waals surface area contributed by atoms with Crippen molar-refractivity contribution in [2.24, 2.45) is 0 Å². The minimum absolute atomic E-state index is 0.00830. The van der Waals surface area contributed by atoms with E-state index in [4.69, 9.17) is 5.11 Å². The van der Waals surface area contributed by atoms with E-state index in [0.29, 0.717) is 0 Å². The number of hydrogen-bond donors (Lipinski definition) is 1. The van der Waals surface area contributed by atoms with E-state index in [-0.39, 0.29) is 17.1 Å². The van der Waals surface area contributed by atoms with Crippen LogP contribution in [-0.2, 0) is 4.79 Å². The predicted molar refractivity (Wildman–Crippen MR) is 50.3 cm³/mol. The molecule has 13 heavy (non-hydrogen) atoms. The molecule has 2 nitrogen and oxygen atoms in total. The van der Waals surface area contributed by atoms with E-state index in [0.717, 1.165) is 5.56 Å². The summed E-state index contributed by atoms with van der Waals surface area (Å²) in [5.41, 5.74) is 0.767. The molecule has 1 aromatic rings. The van der Waals surface area contributed by atoms with E-state index in [2.05, 4.69) is 15.9 Å². The van der Waals surface area contributed by atoms with Gasteiger partial charge in [-0.25, -0.2) is 4.39 Å². The Labute approximate surface area is 83.5 Å². The number of carbonyl (C=O) groups is 1. The molecule has 0 fully saturated rings. The van der Waals surface area contributed by atoms with Crippen molar-refractivity contribution in [1.82, 2.24) is 0 Å². The Morgan fingerprint density at radius 3 is 2.46 bits per heavy atom. The van der Waals surface area contributed by atoms with E-state index in [1.54, 1.807) is 12.1 Å². The fraction of sp³-hybridized carbons (Fsp3) is 0.222. The summed E-state index contributed by atoms with van der Waals surface area (Å²) in [5.74, 6) is -1.20. The first-order valence-electron chi connectivity index (χ1n) is 3.71. The van der Waals surface area contributed by atoms with Crippen molar-refractivity contribution in [3.05, 3.63) is 35.6 Å². The molecule has 1 rings (SSSR count). The van der Waals surface area contributed by atoms with E-state index in [9.17, 15) is 9.18 Å². The average molecular weight is 247 g/mol. The third-order valence-corrected chi connectivity index (χ3v) is 2.44. The van der Waals surface area contributed by atoms with Crippen molar-refractivity contribution in [3.8, 4) is 0 Å². The number of alkyl halides is 1. The van der Waals surface area contributed by atoms with Crippen LogP contribution in [-0.4, -0.2) is 11.1 Å². The van der Waals surface area contributed by atoms with Gasteiger partial charge >= 0.3 is 5.97 Å². The SMILES string of the molecule is O=C(O)CC(Br)c1ccc(F)cc1. The highest BCUT2D eigenvalue weighted by atomic mass is 79.9. The molecule has 1 atom stereocenters. The lowest BCUT2D eigenvalue weighted by atomic mass is 10.1. The highest BCUT2D eigenvalue weighted by Gasteiger charge is 2.11. The summed E-state index contributed by atoms with van der Waals surface area (Å²) in [6.07, 6.45) is -0.00830. The van der Waals surface area contributed by atoms with Gasteiger partial charge < -0.3 is 5.11 Å². The van der Waals surface area contributed by atoms with Gasteiger partial charge in [0.25, 0.3) is 0 Å². The molecule has 0 bridgehead atoms. The maximum atomic E-state index is 12.5. The molecule has 0 saturated heterocycles. The normalized spacial score (nSPS) is 12.5. The van der Waals surface area contributed by atoms with E-state index >= 15 is 0 Å². The molecular weight excluding hydrogens is 239 g/mol. The average Bonchev–Trinajstić information content (AvgIpc) is 2.04. The van der Waals surface area contributed by atoms with Crippen LogP contribution in [0.5, 0.6) is 0 Å². The molecule has 0 heterocycles. The number of rotatable bonds is 3. The Bertz CT molecular complexity index is 297. The molecule has 4 heteroatoms. The molecule has 0 aliphatic heterocycles. The number of hydrogen-bond acceptors (Lipinski definition) is 1. The molecule has 1 unspecified atom stereocenters. The van der Waals surface area contributed by atoms with Gasteiger partial charge in [0, 0.05) is 4.83 Å². The van der Waals surface area contributed by atoms with E-state index in [1.165, 1.54) is 12.1 Å². The first-order chi connectivity index (χ1) is 6.09. The van der Waals surface area contributed by atoms with Crippen molar-refractivity contribution in [2.75, 3.05) is 0 Å². The van der Waals surface area contributed by atoms with Crippen LogP contribution in [0.15, 0.2) is 24.3 Å². The Hall–Kier alpha value is -0.900. The Balaban J connectivity index is 2.71. The van der Waals surface area contributed by atoms with Crippen LogP contribution in [0, 0.1) is 5.82 Å². The van der Waals surface area contributed by atoms with Gasteiger partial charge in [-0.1, -0.05) is 28.1 Å². The van der Waals surface area contributed by atoms with Crippen molar-refractivity contribution < 1.29 is 14.3 Å². The van der Waals surface area contributed by atoms with Crippen LogP contribution >= 0.6 is 15.9 Å². The fourth-order valence-corrected chi connectivity index (χ4v) is 1.52. The maximum Gasteiger partial charge on any atom is 0.304 e. The zero-order valence-electron chi connectivity index (χ0n) is 6.71. The Kier molecular flexibility index (Phi) is 3.42. The van der Waals surface area contributed by atoms with Gasteiger partial charge in [-0.2, -0.15) is 0 Å². The topological polar surface area (TPSA) is 37.3 Å². The summed E-state index contributed by atoms with van der Waals surface area (Å²) in [5, 5.41) is 8.50. The molecule has 0 amide bonds. The quantitative estimate of drug-likeness (QED) is 0.834. The second kappa shape index (κ2) is 4.37. The summed E-state index contributed by atoms with van der Waals surface area (Å²) < 4.78 is 12.5. The summed E-state index contributed by atoms with van der Waals surface area (Å²) in [6, 6.07) is 5.76. The molecule has 0 aromatic heterocycles. The number of carboxylic acids is 1. The van der Waals surface area contributed by atoms with Gasteiger partial charge in [-0.15, -0.1) is 0 Å². The largest absolute Gasteiger partial charge is 0.481 e. The molecule has 0 aliphatic rings. The summed E-state index contributed by atoms with van der Waals surface area (Å²) in [6.45, 7) is 0. The van der Waals surface area contributed by atoms with Gasteiger partial charge in [-0.3, -0.25) is 4.79 Å². The minimum atomic E-state index is -0.883. The molecule has 0 aliphatic carbocycles. The van der Waals surface area contributed by atoms with Crippen molar-refractivity contribution >= 4 is 21.9 Å². The van der Waals surface area contributed by atoms with Crippen LogP contribution in [0.4, 0.5) is 4.39 Å². The van der Waals surface area contributed by atoms with Crippen LogP contribution in [0.3, 0.4) is 0 Å². The maximum absolute atomic E-state index is 12.5. The van der Waals surface area contributed by atoms with Crippen LogP contribution in [0.1, 0.15) is 16.8 Å². The minimum Gasteiger partial charge on any atom is -0.481 e. The van der Waals surface area contributed by atoms with Gasteiger partial charge in [0.2, 0.25) is 0 Å². The van der Waals surface area contributed by atoms with Gasteiger partial charge in [0.15, 0.2) is 0 Å². The lowest BCUT2D eigenvalue weighted by Gasteiger charge is -2.06. The number of benzene rings is 1. The Morgan fingerprint density at radius 1 is 1.46 bits per heavy atom. The second-order valence-electron chi connectivity index (χ2n) is 2.62. The zero-order valence-corrected chi connectivity index (χ0v) is 8.29. The molecular formula is C9H8BrFO2. The lowest BCUT2D eigenvalue weighted by Crippen LogP contribution is -2.00. The molecule has 0 radical (unpaired) electrons. The summed E-state index contributed by atoms with van der Waals surface area (Å²) in [4.78, 5) is 10.1. The number of aliphatic carboxylic acids is 1. The number of halogens is 2. The molecule has 1 N–H and O–H groups in total. The third-order valence-electron chi connectivity index (χ3n) is 1.59. The molecule has 70 valence electrons. The van der Waals surface area contributed by atoms with E-state index in [1.807, 2.05) is 0 Å². The first kappa shape index (κ1) is 10.2. The van der Waals surface area contributed by atoms with Crippen LogP contribution < -0.4 is 0 Å². The lowest BCUT2D eigenvalue weighted by molar-refractivity contribution is -0.136. The first-order valence-corrected chi connectivity index (χ1v) is 4.62. The molecule has 0 saturated carbocycles. The Morgan fingerprint density at radius 2 is 2.00 bits per heavy atom. The predicted octanol–water partition coefficient (Wildman–Crippen LogP) is 2.74. The van der Waals surface area contributed by atoms with Gasteiger partial charge in [0.05, 0.1) is 6.42 Å². The molecule has 0 spiro atoms. The highest BCUT2D eigenvalue weighted by molar-refractivity contribution is 9.09. The smallest absolute Gasteiger partial charge is 0.304 e. The highest BCUT2D eigenvalue weighted by Crippen LogP contribution is 2.26. The monoisotopic (exact) mass is 246 g/mol. The standard InChI is InChI=1S/C9H8BrFO2/c10-8(5-9(12)13)6-1-3-7(11)4-2-6/h1-4,8H,5H2,(H,12,13). The van der Waals surface area contributed by atoms with Crippen molar-refractivity contribution in [3.63, 3.8) is 0 Å². The summed E-state index contributed by atoms with van der Waals surface area (Å²) >= 11 is 3.21. The second-order valence-corrected chi connectivity index (χ2v) is 3.72. The van der Waals surface area contributed by atoms with Gasteiger partial charge in [-0.05, 0) is 17.7 Å². The van der Waals surface area contributed by atoms with Crippen LogP contribution in [0.25, 0.3) is 0 Å². The van der Waals surface area contributed by atoms with Crippen molar-refractivity contribution in [2.45, 2.75) is 11.2 Å². The van der Waals surface area contributed by atoms with Crippen molar-refractivity contribution in [1.29, 1.82) is 0 Å².